The van der Waals surface area contributed by atoms with Crippen molar-refractivity contribution in [2.75, 3.05) is 6.61 Å². The zero-order valence-electron chi connectivity index (χ0n) is 10.7. The first-order valence-electron chi connectivity index (χ1n) is 6.96. The average Bonchev–Trinajstić information content (AvgIpc) is 2.80. The Morgan fingerprint density at radius 1 is 1.19 bits per heavy atom. The lowest BCUT2D eigenvalue weighted by Gasteiger charge is -1.98. The van der Waals surface area contributed by atoms with E-state index in [9.17, 15) is 0 Å². The molecular formula is C15H26O. The molecule has 1 heterocycles. The average molecular weight is 222 g/mol. The molecule has 0 aromatic heterocycles. The molecule has 0 radical (unpaired) electrons. The van der Waals surface area contributed by atoms with Crippen LogP contribution in [0.25, 0.3) is 0 Å². The van der Waals surface area contributed by atoms with Gasteiger partial charge in [0, 0.05) is 6.61 Å². The molecule has 1 atom stereocenters. The molecule has 0 aromatic rings. The van der Waals surface area contributed by atoms with Gasteiger partial charge in [0.1, 0.15) is 0 Å². The van der Waals surface area contributed by atoms with Crippen LogP contribution in [0.5, 0.6) is 0 Å². The molecule has 0 aliphatic carbocycles. The van der Waals surface area contributed by atoms with Crippen LogP contribution in [0, 0.1) is 0 Å². The van der Waals surface area contributed by atoms with Gasteiger partial charge in [-0.05, 0) is 37.8 Å². The molecule has 0 saturated carbocycles. The molecule has 16 heavy (non-hydrogen) atoms. The molecule has 1 heteroatoms. The number of unbranched alkanes of at least 4 members (excludes halogenated alkanes) is 6. The van der Waals surface area contributed by atoms with Crippen molar-refractivity contribution >= 4 is 0 Å². The van der Waals surface area contributed by atoms with E-state index >= 15 is 0 Å². The molecule has 0 amide bonds. The van der Waals surface area contributed by atoms with Crippen LogP contribution in [-0.2, 0) is 4.74 Å². The Morgan fingerprint density at radius 2 is 2.00 bits per heavy atom. The summed E-state index contributed by atoms with van der Waals surface area (Å²) >= 11 is 0. The molecule has 1 saturated heterocycles. The van der Waals surface area contributed by atoms with Crippen LogP contribution in [-0.4, -0.2) is 12.7 Å². The van der Waals surface area contributed by atoms with E-state index in [4.69, 9.17) is 4.74 Å². The molecule has 1 fully saturated rings. The van der Waals surface area contributed by atoms with Crippen molar-refractivity contribution in [1.82, 2.24) is 0 Å². The maximum Gasteiger partial charge on any atom is 0.0830 e. The first kappa shape index (κ1) is 13.5. The van der Waals surface area contributed by atoms with Gasteiger partial charge in [-0.25, -0.2) is 0 Å². The Balaban J connectivity index is 1.91. The first-order chi connectivity index (χ1) is 7.93. The smallest absolute Gasteiger partial charge is 0.0830 e. The molecule has 1 aliphatic heterocycles. The number of hydrogen-bond acceptors (Lipinski definition) is 1. The first-order valence-corrected chi connectivity index (χ1v) is 6.96. The maximum atomic E-state index is 5.49. The summed E-state index contributed by atoms with van der Waals surface area (Å²) in [5.74, 6) is 0. The minimum Gasteiger partial charge on any atom is -0.374 e. The predicted molar refractivity (Wildman–Crippen MR) is 69.6 cm³/mol. The Labute approximate surface area is 101 Å². The fourth-order valence-electron chi connectivity index (χ4n) is 2.02. The lowest BCUT2D eigenvalue weighted by atomic mass is 10.1. The largest absolute Gasteiger partial charge is 0.374 e. The third kappa shape index (κ3) is 6.87. The van der Waals surface area contributed by atoms with Crippen LogP contribution in [0.3, 0.4) is 0 Å². The van der Waals surface area contributed by atoms with E-state index in [1.165, 1.54) is 57.8 Å². The van der Waals surface area contributed by atoms with Gasteiger partial charge in [0.25, 0.3) is 0 Å². The number of ether oxygens (including phenoxy) is 1. The molecule has 0 spiro atoms. The second-order valence-electron chi connectivity index (χ2n) is 4.65. The molecule has 92 valence electrons. The lowest BCUT2D eigenvalue weighted by molar-refractivity contribution is 0.146. The molecule has 1 rings (SSSR count). The highest BCUT2D eigenvalue weighted by Gasteiger charge is 2.10. The van der Waals surface area contributed by atoms with Gasteiger partial charge in [-0.2, -0.15) is 0 Å². The van der Waals surface area contributed by atoms with Crippen LogP contribution >= 0.6 is 0 Å². The normalized spacial score (nSPS) is 19.4. The SMILES string of the molecule is CCCCCCCCC=C=CC1CCCO1. The van der Waals surface area contributed by atoms with E-state index in [1.54, 1.807) is 0 Å². The van der Waals surface area contributed by atoms with Crippen molar-refractivity contribution in [3.63, 3.8) is 0 Å². The summed E-state index contributed by atoms with van der Waals surface area (Å²) in [6, 6.07) is 0. The van der Waals surface area contributed by atoms with Crippen molar-refractivity contribution in [2.45, 2.75) is 70.8 Å². The van der Waals surface area contributed by atoms with E-state index < -0.39 is 0 Å². The summed E-state index contributed by atoms with van der Waals surface area (Å²) < 4.78 is 5.49. The van der Waals surface area contributed by atoms with Gasteiger partial charge in [0.2, 0.25) is 0 Å². The highest BCUT2D eigenvalue weighted by atomic mass is 16.5. The van der Waals surface area contributed by atoms with Crippen molar-refractivity contribution in [1.29, 1.82) is 0 Å². The molecule has 1 aliphatic rings. The summed E-state index contributed by atoms with van der Waals surface area (Å²) in [4.78, 5) is 0. The summed E-state index contributed by atoms with van der Waals surface area (Å²) in [7, 11) is 0. The van der Waals surface area contributed by atoms with Crippen LogP contribution in [0.2, 0.25) is 0 Å². The summed E-state index contributed by atoms with van der Waals surface area (Å²) in [5, 5.41) is 0. The summed E-state index contributed by atoms with van der Waals surface area (Å²) in [6.45, 7) is 3.19. The van der Waals surface area contributed by atoms with Crippen LogP contribution in [0.4, 0.5) is 0 Å². The molecule has 1 nitrogen and oxygen atoms in total. The molecule has 0 N–H and O–H groups in total. The number of rotatable bonds is 8. The zero-order valence-corrected chi connectivity index (χ0v) is 10.7. The van der Waals surface area contributed by atoms with Crippen LogP contribution in [0.15, 0.2) is 17.9 Å². The summed E-state index contributed by atoms with van der Waals surface area (Å²) in [6.07, 6.45) is 16.4. The highest BCUT2D eigenvalue weighted by Crippen LogP contribution is 2.12. The van der Waals surface area contributed by atoms with Gasteiger partial charge in [0.05, 0.1) is 6.10 Å². The minimum atomic E-state index is 0.348. The second kappa shape index (κ2) is 9.69. The van der Waals surface area contributed by atoms with E-state index in [-0.39, 0.29) is 0 Å². The van der Waals surface area contributed by atoms with E-state index in [1.807, 2.05) is 0 Å². The fraction of sp³-hybridized carbons (Fsp3) is 0.800. The third-order valence-electron chi connectivity index (χ3n) is 3.07. The Hall–Kier alpha value is -0.520. The quantitative estimate of drug-likeness (QED) is 0.430. The number of hydrogen-bond donors (Lipinski definition) is 0. The van der Waals surface area contributed by atoms with Crippen LogP contribution in [0.1, 0.15) is 64.7 Å². The van der Waals surface area contributed by atoms with Crippen molar-refractivity contribution in [3.8, 4) is 0 Å². The van der Waals surface area contributed by atoms with Crippen molar-refractivity contribution < 1.29 is 4.74 Å². The standard InChI is InChI=1S/C15H26O/c1-2-3-4-5-6-7-8-9-10-12-15-13-11-14-16-15/h9,12,15H,2-8,11,13-14H2,1H3. The van der Waals surface area contributed by atoms with Gasteiger partial charge in [0.15, 0.2) is 0 Å². The van der Waals surface area contributed by atoms with Gasteiger partial charge < -0.3 is 4.74 Å². The second-order valence-corrected chi connectivity index (χ2v) is 4.65. The van der Waals surface area contributed by atoms with E-state index in [0.29, 0.717) is 6.10 Å². The van der Waals surface area contributed by atoms with Crippen molar-refractivity contribution in [3.05, 3.63) is 17.9 Å². The van der Waals surface area contributed by atoms with Gasteiger partial charge >= 0.3 is 0 Å². The van der Waals surface area contributed by atoms with Crippen LogP contribution < -0.4 is 0 Å². The predicted octanol–water partition coefficient (Wildman–Crippen LogP) is 4.63. The molecule has 0 bridgehead atoms. The maximum absolute atomic E-state index is 5.49. The van der Waals surface area contributed by atoms with E-state index in [0.717, 1.165) is 6.61 Å². The highest BCUT2D eigenvalue weighted by molar-refractivity contribution is 4.92. The lowest BCUT2D eigenvalue weighted by Crippen LogP contribution is -1.97. The Bertz CT molecular complexity index is 207. The zero-order chi connectivity index (χ0) is 11.5. The fourth-order valence-corrected chi connectivity index (χ4v) is 2.02. The molecular weight excluding hydrogens is 196 g/mol. The molecule has 0 aromatic carbocycles. The van der Waals surface area contributed by atoms with Gasteiger partial charge in [-0.1, -0.05) is 39.0 Å². The monoisotopic (exact) mass is 222 g/mol. The van der Waals surface area contributed by atoms with E-state index in [2.05, 4.69) is 24.8 Å². The Morgan fingerprint density at radius 3 is 2.75 bits per heavy atom. The van der Waals surface area contributed by atoms with Crippen molar-refractivity contribution in [2.24, 2.45) is 0 Å². The summed E-state index contributed by atoms with van der Waals surface area (Å²) in [5.41, 5.74) is 3.25. The molecule has 1 unspecified atom stereocenters. The Kier molecular flexibility index (Phi) is 8.20. The van der Waals surface area contributed by atoms with Gasteiger partial charge in [-0.3, -0.25) is 0 Å². The third-order valence-corrected chi connectivity index (χ3v) is 3.07. The minimum absolute atomic E-state index is 0.348. The topological polar surface area (TPSA) is 9.23 Å². The van der Waals surface area contributed by atoms with Gasteiger partial charge in [-0.15, -0.1) is 5.73 Å².